The van der Waals surface area contributed by atoms with Gasteiger partial charge in [0.25, 0.3) is 0 Å². The second kappa shape index (κ2) is 15.9. The standard InChI is InChI=1S/C18H35BrO.C2H7N/c1-2-3-4-5-6-7-8-10-14-18(19)15-11-9-12-17(18)13-16-20;1-3-2/h17,20H,2-16H2,1H3;3H,1-2H3. The summed E-state index contributed by atoms with van der Waals surface area (Å²) in [6.45, 7) is 2.64. The summed E-state index contributed by atoms with van der Waals surface area (Å²) in [7, 11) is 3.75. The maximum Gasteiger partial charge on any atom is 0.0434 e. The highest BCUT2D eigenvalue weighted by Crippen LogP contribution is 2.45. The van der Waals surface area contributed by atoms with Gasteiger partial charge < -0.3 is 10.4 Å². The second-order valence-electron chi connectivity index (χ2n) is 7.21. The van der Waals surface area contributed by atoms with Crippen LogP contribution in [0.1, 0.15) is 96.8 Å². The summed E-state index contributed by atoms with van der Waals surface area (Å²) in [5, 5.41) is 12.0. The highest BCUT2D eigenvalue weighted by atomic mass is 79.9. The Hall–Kier alpha value is 0.400. The number of hydrogen-bond donors (Lipinski definition) is 2. The minimum Gasteiger partial charge on any atom is -0.396 e. The van der Waals surface area contributed by atoms with Crippen LogP contribution in [0.4, 0.5) is 0 Å². The lowest BCUT2D eigenvalue weighted by Gasteiger charge is -2.40. The Labute approximate surface area is 154 Å². The molecule has 1 aliphatic carbocycles. The van der Waals surface area contributed by atoms with Crippen molar-refractivity contribution in [3.8, 4) is 0 Å². The number of rotatable bonds is 11. The topological polar surface area (TPSA) is 32.3 Å². The van der Waals surface area contributed by atoms with Gasteiger partial charge in [0.15, 0.2) is 0 Å². The van der Waals surface area contributed by atoms with E-state index in [2.05, 4.69) is 28.2 Å². The van der Waals surface area contributed by atoms with Crippen LogP contribution in [0.5, 0.6) is 0 Å². The average molecular weight is 392 g/mol. The van der Waals surface area contributed by atoms with Gasteiger partial charge in [0.1, 0.15) is 0 Å². The molecule has 1 fully saturated rings. The molecule has 0 heterocycles. The fraction of sp³-hybridized carbons (Fsp3) is 1.00. The molecule has 2 N–H and O–H groups in total. The number of aliphatic hydroxyl groups excluding tert-OH is 1. The van der Waals surface area contributed by atoms with E-state index in [0.717, 1.165) is 6.42 Å². The fourth-order valence-electron chi connectivity index (χ4n) is 3.71. The molecule has 0 bridgehead atoms. The molecule has 0 aromatic rings. The van der Waals surface area contributed by atoms with Crippen molar-refractivity contribution in [1.29, 1.82) is 0 Å². The molecule has 1 saturated carbocycles. The van der Waals surface area contributed by atoms with Gasteiger partial charge >= 0.3 is 0 Å². The normalized spacial score (nSPS) is 24.1. The van der Waals surface area contributed by atoms with Crippen molar-refractivity contribution in [2.75, 3.05) is 20.7 Å². The molecule has 0 aliphatic heterocycles. The zero-order chi connectivity index (χ0) is 17.4. The number of unbranched alkanes of at least 4 members (excludes halogenated alkanes) is 7. The van der Waals surface area contributed by atoms with Gasteiger partial charge in [-0.25, -0.2) is 0 Å². The van der Waals surface area contributed by atoms with Crippen LogP contribution in [0.25, 0.3) is 0 Å². The summed E-state index contributed by atoms with van der Waals surface area (Å²) in [6.07, 6.45) is 18.9. The minimum atomic E-state index is 0.343. The second-order valence-corrected chi connectivity index (χ2v) is 8.79. The van der Waals surface area contributed by atoms with E-state index in [0.29, 0.717) is 16.8 Å². The van der Waals surface area contributed by atoms with Crippen molar-refractivity contribution in [2.24, 2.45) is 5.92 Å². The number of nitrogens with one attached hydrogen (secondary N) is 1. The van der Waals surface area contributed by atoms with Crippen LogP contribution in [0.15, 0.2) is 0 Å². The molecule has 0 saturated heterocycles. The lowest BCUT2D eigenvalue weighted by molar-refractivity contribution is 0.191. The van der Waals surface area contributed by atoms with Gasteiger partial charge in [0, 0.05) is 10.9 Å². The molecule has 140 valence electrons. The van der Waals surface area contributed by atoms with Crippen molar-refractivity contribution in [3.63, 3.8) is 0 Å². The monoisotopic (exact) mass is 391 g/mol. The smallest absolute Gasteiger partial charge is 0.0434 e. The SMILES string of the molecule is CCCCCCCCCCC1(Br)CCCCC1CCO.CNC. The lowest BCUT2D eigenvalue weighted by Crippen LogP contribution is -2.35. The quantitative estimate of drug-likeness (QED) is 0.331. The molecule has 2 unspecified atom stereocenters. The van der Waals surface area contributed by atoms with Gasteiger partial charge in [-0.3, -0.25) is 0 Å². The van der Waals surface area contributed by atoms with E-state index < -0.39 is 0 Å². The van der Waals surface area contributed by atoms with Crippen LogP contribution in [-0.2, 0) is 0 Å². The van der Waals surface area contributed by atoms with E-state index in [-0.39, 0.29) is 0 Å². The fourth-order valence-corrected chi connectivity index (χ4v) is 4.73. The zero-order valence-electron chi connectivity index (χ0n) is 16.0. The zero-order valence-corrected chi connectivity index (χ0v) is 17.6. The Morgan fingerprint density at radius 3 is 2.13 bits per heavy atom. The number of aliphatic hydroxyl groups is 1. The summed E-state index contributed by atoms with van der Waals surface area (Å²) in [6, 6.07) is 0. The molecule has 1 aliphatic rings. The van der Waals surface area contributed by atoms with Gasteiger partial charge in [0.05, 0.1) is 0 Å². The molecule has 0 amide bonds. The number of hydrogen-bond acceptors (Lipinski definition) is 2. The van der Waals surface area contributed by atoms with E-state index >= 15 is 0 Å². The van der Waals surface area contributed by atoms with Crippen LogP contribution in [0.3, 0.4) is 0 Å². The van der Waals surface area contributed by atoms with Gasteiger partial charge in [-0.15, -0.1) is 0 Å². The van der Waals surface area contributed by atoms with Crippen molar-refractivity contribution in [1.82, 2.24) is 5.32 Å². The van der Waals surface area contributed by atoms with Crippen LogP contribution in [0.2, 0.25) is 0 Å². The summed E-state index contributed by atoms with van der Waals surface area (Å²) in [5.41, 5.74) is 0. The molecule has 0 radical (unpaired) electrons. The number of alkyl halides is 1. The highest BCUT2D eigenvalue weighted by Gasteiger charge is 2.37. The first-order valence-electron chi connectivity index (χ1n) is 10.0. The van der Waals surface area contributed by atoms with Gasteiger partial charge in [-0.2, -0.15) is 0 Å². The molecular weight excluding hydrogens is 350 g/mol. The predicted molar refractivity (Wildman–Crippen MR) is 108 cm³/mol. The van der Waals surface area contributed by atoms with E-state index in [1.54, 1.807) is 0 Å². The van der Waals surface area contributed by atoms with E-state index in [1.165, 1.54) is 83.5 Å². The van der Waals surface area contributed by atoms with Crippen LogP contribution >= 0.6 is 15.9 Å². The third-order valence-corrected chi connectivity index (χ3v) is 6.49. The number of halogens is 1. The maximum absolute atomic E-state index is 9.24. The van der Waals surface area contributed by atoms with Gasteiger partial charge in [-0.05, 0) is 45.7 Å². The Morgan fingerprint density at radius 2 is 1.57 bits per heavy atom. The molecular formula is C20H42BrNO. The molecule has 2 nitrogen and oxygen atoms in total. The average Bonchev–Trinajstić information content (AvgIpc) is 2.53. The first kappa shape index (κ1) is 23.4. The summed E-state index contributed by atoms with van der Waals surface area (Å²) < 4.78 is 0.343. The Kier molecular flexibility index (Phi) is 16.2. The summed E-state index contributed by atoms with van der Waals surface area (Å²) in [4.78, 5) is 0. The molecule has 3 heteroatoms. The van der Waals surface area contributed by atoms with Crippen molar-refractivity contribution in [2.45, 2.75) is 101 Å². The van der Waals surface area contributed by atoms with Crippen molar-refractivity contribution < 1.29 is 5.11 Å². The molecule has 0 spiro atoms. The van der Waals surface area contributed by atoms with Gasteiger partial charge in [0.2, 0.25) is 0 Å². The van der Waals surface area contributed by atoms with Crippen LogP contribution in [-0.4, -0.2) is 30.1 Å². The third kappa shape index (κ3) is 11.6. The largest absolute Gasteiger partial charge is 0.396 e. The third-order valence-electron chi connectivity index (χ3n) is 5.05. The molecule has 1 rings (SSSR count). The molecule has 23 heavy (non-hydrogen) atoms. The molecule has 2 atom stereocenters. The first-order chi connectivity index (χ1) is 11.1. The maximum atomic E-state index is 9.24. The van der Waals surface area contributed by atoms with Crippen LogP contribution in [0, 0.1) is 5.92 Å². The first-order valence-corrected chi connectivity index (χ1v) is 10.8. The highest BCUT2D eigenvalue weighted by molar-refractivity contribution is 9.10. The summed E-state index contributed by atoms with van der Waals surface area (Å²) >= 11 is 4.06. The molecule has 0 aromatic heterocycles. The Balaban J connectivity index is 0.00000149. The predicted octanol–water partition coefficient (Wildman–Crippen LogP) is 6.06. The molecule has 0 aromatic carbocycles. The Morgan fingerprint density at radius 1 is 1.00 bits per heavy atom. The van der Waals surface area contributed by atoms with Crippen molar-refractivity contribution in [3.05, 3.63) is 0 Å². The minimum absolute atomic E-state index is 0.343. The lowest BCUT2D eigenvalue weighted by atomic mass is 9.75. The van der Waals surface area contributed by atoms with Crippen molar-refractivity contribution >= 4 is 15.9 Å². The van der Waals surface area contributed by atoms with Crippen LogP contribution < -0.4 is 5.32 Å². The van der Waals surface area contributed by atoms with E-state index in [1.807, 2.05) is 14.1 Å². The van der Waals surface area contributed by atoms with E-state index in [4.69, 9.17) is 0 Å². The summed E-state index contributed by atoms with van der Waals surface area (Å²) in [5.74, 6) is 0.700. The Bertz CT molecular complexity index is 248. The van der Waals surface area contributed by atoms with Gasteiger partial charge in [-0.1, -0.05) is 87.1 Å². The van der Waals surface area contributed by atoms with E-state index in [9.17, 15) is 5.11 Å².